The molecule has 0 fully saturated rings. The van der Waals surface area contributed by atoms with Gasteiger partial charge in [-0.15, -0.1) is 0 Å². The first kappa shape index (κ1) is 8.21. The van der Waals surface area contributed by atoms with E-state index in [1.165, 1.54) is 0 Å². The van der Waals surface area contributed by atoms with Gasteiger partial charge in [-0.05, 0) is 24.6 Å². The Morgan fingerprint density at radius 3 is 2.73 bits per heavy atom. The first-order valence-corrected chi connectivity index (χ1v) is 3.89. The lowest BCUT2D eigenvalue weighted by Crippen LogP contribution is -2.14. The summed E-state index contributed by atoms with van der Waals surface area (Å²) in [6.45, 7) is 2.75. The van der Waals surface area contributed by atoms with Crippen molar-refractivity contribution in [2.24, 2.45) is 0 Å². The number of nitrogens with zero attached hydrogens (tertiary/aromatic N) is 1. The Kier molecular flexibility index (Phi) is 3.05. The van der Waals surface area contributed by atoms with E-state index in [0.717, 1.165) is 12.1 Å². The standard InChI is InChI=1S/C8H11ClN2/c1-8(6-9)7-10-11-4-2-3-5-11/h2-6,10H,7H2,1H3/b8-6-. The minimum absolute atomic E-state index is 0.776. The van der Waals surface area contributed by atoms with Crippen molar-refractivity contribution in [2.75, 3.05) is 12.0 Å². The smallest absolute Gasteiger partial charge is 0.0532 e. The molecule has 0 unspecified atom stereocenters. The summed E-state index contributed by atoms with van der Waals surface area (Å²) in [7, 11) is 0. The lowest BCUT2D eigenvalue weighted by Gasteiger charge is -2.05. The Labute approximate surface area is 71.4 Å². The van der Waals surface area contributed by atoms with Crippen LogP contribution in [0.25, 0.3) is 0 Å². The second kappa shape index (κ2) is 4.09. The molecule has 0 saturated carbocycles. The molecule has 0 aromatic carbocycles. The Bertz CT molecular complexity index is 226. The van der Waals surface area contributed by atoms with Crippen molar-refractivity contribution >= 4 is 11.6 Å². The molecule has 0 amide bonds. The summed E-state index contributed by atoms with van der Waals surface area (Å²) in [5, 5.41) is 0. The number of rotatable bonds is 3. The molecule has 0 spiro atoms. The summed E-state index contributed by atoms with van der Waals surface area (Å²) in [6, 6.07) is 3.93. The third-order valence-electron chi connectivity index (χ3n) is 1.33. The molecule has 1 N–H and O–H groups in total. The van der Waals surface area contributed by atoms with E-state index in [2.05, 4.69) is 5.43 Å². The van der Waals surface area contributed by atoms with Crippen LogP contribution in [0.3, 0.4) is 0 Å². The molecular formula is C8H11ClN2. The fourth-order valence-corrected chi connectivity index (χ4v) is 0.772. The average molecular weight is 171 g/mol. The fraction of sp³-hybridized carbons (Fsp3) is 0.250. The highest BCUT2D eigenvalue weighted by atomic mass is 35.5. The SMILES string of the molecule is C/C(=C/Cl)CNn1cccc1. The van der Waals surface area contributed by atoms with Crippen LogP contribution in [0.4, 0.5) is 0 Å². The first-order chi connectivity index (χ1) is 5.33. The van der Waals surface area contributed by atoms with Gasteiger partial charge < -0.3 is 5.43 Å². The van der Waals surface area contributed by atoms with Gasteiger partial charge in [-0.3, -0.25) is 4.68 Å². The minimum atomic E-state index is 0.776. The van der Waals surface area contributed by atoms with E-state index in [1.807, 2.05) is 36.1 Å². The second-order valence-electron chi connectivity index (χ2n) is 2.38. The molecule has 60 valence electrons. The second-order valence-corrected chi connectivity index (χ2v) is 2.60. The molecule has 0 aliphatic heterocycles. The number of hydrogen-bond acceptors (Lipinski definition) is 1. The Balaban J connectivity index is 2.35. The van der Waals surface area contributed by atoms with Crippen LogP contribution in [0.2, 0.25) is 0 Å². The van der Waals surface area contributed by atoms with Gasteiger partial charge in [-0.25, -0.2) is 0 Å². The highest BCUT2D eigenvalue weighted by molar-refractivity contribution is 6.25. The molecular weight excluding hydrogens is 160 g/mol. The number of hydrogen-bond donors (Lipinski definition) is 1. The zero-order valence-corrected chi connectivity index (χ0v) is 7.17. The van der Waals surface area contributed by atoms with Gasteiger partial charge in [-0.1, -0.05) is 11.6 Å². The summed E-state index contributed by atoms with van der Waals surface area (Å²) >= 11 is 5.48. The van der Waals surface area contributed by atoms with Gasteiger partial charge >= 0.3 is 0 Å². The van der Waals surface area contributed by atoms with Crippen molar-refractivity contribution < 1.29 is 0 Å². The van der Waals surface area contributed by atoms with E-state index < -0.39 is 0 Å². The van der Waals surface area contributed by atoms with Crippen LogP contribution in [0.5, 0.6) is 0 Å². The van der Waals surface area contributed by atoms with Gasteiger partial charge in [-0.2, -0.15) is 0 Å². The fourth-order valence-electron chi connectivity index (χ4n) is 0.694. The normalized spacial score (nSPS) is 11.6. The summed E-state index contributed by atoms with van der Waals surface area (Å²) in [4.78, 5) is 0. The summed E-state index contributed by atoms with van der Waals surface area (Å²) in [6.07, 6.45) is 3.89. The van der Waals surface area contributed by atoms with Crippen molar-refractivity contribution in [3.63, 3.8) is 0 Å². The van der Waals surface area contributed by atoms with Crippen molar-refractivity contribution in [3.05, 3.63) is 35.6 Å². The van der Waals surface area contributed by atoms with Gasteiger partial charge in [0.1, 0.15) is 0 Å². The van der Waals surface area contributed by atoms with Gasteiger partial charge in [0, 0.05) is 17.9 Å². The van der Waals surface area contributed by atoms with E-state index in [9.17, 15) is 0 Å². The van der Waals surface area contributed by atoms with Crippen LogP contribution < -0.4 is 5.43 Å². The van der Waals surface area contributed by atoms with E-state index in [0.29, 0.717) is 0 Å². The number of aromatic nitrogens is 1. The molecule has 0 atom stereocenters. The van der Waals surface area contributed by atoms with Crippen LogP contribution >= 0.6 is 11.6 Å². The highest BCUT2D eigenvalue weighted by Crippen LogP contribution is 1.93. The van der Waals surface area contributed by atoms with Crippen LogP contribution in [0.15, 0.2) is 35.6 Å². The van der Waals surface area contributed by atoms with Gasteiger partial charge in [0.25, 0.3) is 0 Å². The molecule has 0 aliphatic carbocycles. The van der Waals surface area contributed by atoms with Crippen molar-refractivity contribution in [1.82, 2.24) is 4.68 Å². The maximum atomic E-state index is 5.48. The predicted octanol–water partition coefficient (Wildman–Crippen LogP) is 2.17. The van der Waals surface area contributed by atoms with Crippen LogP contribution in [-0.4, -0.2) is 11.2 Å². The minimum Gasteiger partial charge on any atom is -0.322 e. The molecule has 0 radical (unpaired) electrons. The topological polar surface area (TPSA) is 17.0 Å². The quantitative estimate of drug-likeness (QED) is 0.736. The van der Waals surface area contributed by atoms with Crippen molar-refractivity contribution in [1.29, 1.82) is 0 Å². The van der Waals surface area contributed by atoms with Gasteiger partial charge in [0.2, 0.25) is 0 Å². The molecule has 0 saturated heterocycles. The molecule has 11 heavy (non-hydrogen) atoms. The number of halogens is 1. The Morgan fingerprint density at radius 1 is 1.55 bits per heavy atom. The highest BCUT2D eigenvalue weighted by Gasteiger charge is 1.87. The van der Waals surface area contributed by atoms with Crippen LogP contribution in [0, 0.1) is 0 Å². The molecule has 0 aliphatic rings. The van der Waals surface area contributed by atoms with Crippen molar-refractivity contribution in [2.45, 2.75) is 6.92 Å². The Morgan fingerprint density at radius 2 is 2.18 bits per heavy atom. The molecule has 1 aromatic rings. The lowest BCUT2D eigenvalue weighted by molar-refractivity contribution is 0.881. The summed E-state index contributed by atoms with van der Waals surface area (Å²) < 4.78 is 1.89. The lowest BCUT2D eigenvalue weighted by atomic mass is 10.4. The Hall–Kier alpha value is -0.890. The summed E-state index contributed by atoms with van der Waals surface area (Å²) in [5.74, 6) is 0. The van der Waals surface area contributed by atoms with Crippen LogP contribution in [0.1, 0.15) is 6.92 Å². The van der Waals surface area contributed by atoms with E-state index >= 15 is 0 Å². The number of nitrogens with one attached hydrogen (secondary N) is 1. The first-order valence-electron chi connectivity index (χ1n) is 3.45. The largest absolute Gasteiger partial charge is 0.322 e. The zero-order chi connectivity index (χ0) is 8.10. The third-order valence-corrected chi connectivity index (χ3v) is 1.70. The maximum absolute atomic E-state index is 5.48. The van der Waals surface area contributed by atoms with Crippen molar-refractivity contribution in [3.8, 4) is 0 Å². The third kappa shape index (κ3) is 2.68. The molecule has 3 heteroatoms. The van der Waals surface area contributed by atoms with Gasteiger partial charge in [0.15, 0.2) is 0 Å². The van der Waals surface area contributed by atoms with E-state index in [1.54, 1.807) is 5.54 Å². The van der Waals surface area contributed by atoms with Gasteiger partial charge in [0.05, 0.1) is 6.54 Å². The monoisotopic (exact) mass is 170 g/mol. The molecule has 2 nitrogen and oxygen atoms in total. The summed E-state index contributed by atoms with van der Waals surface area (Å²) in [5.41, 5.74) is 5.83. The van der Waals surface area contributed by atoms with E-state index in [-0.39, 0.29) is 0 Å². The molecule has 1 aromatic heterocycles. The molecule has 0 bridgehead atoms. The molecule has 1 heterocycles. The van der Waals surface area contributed by atoms with Crippen LogP contribution in [-0.2, 0) is 0 Å². The maximum Gasteiger partial charge on any atom is 0.0532 e. The van der Waals surface area contributed by atoms with E-state index in [4.69, 9.17) is 11.6 Å². The average Bonchev–Trinajstić information content (AvgIpc) is 2.52. The zero-order valence-electron chi connectivity index (χ0n) is 6.42. The molecule has 1 rings (SSSR count). The predicted molar refractivity (Wildman–Crippen MR) is 48.3 cm³/mol.